The summed E-state index contributed by atoms with van der Waals surface area (Å²) in [5.41, 5.74) is 0. The van der Waals surface area contributed by atoms with E-state index in [1.807, 2.05) is 0 Å². The van der Waals surface area contributed by atoms with E-state index in [-0.39, 0.29) is 0 Å². The molecule has 1 saturated carbocycles. The van der Waals surface area contributed by atoms with Crippen molar-refractivity contribution in [1.29, 1.82) is 0 Å². The van der Waals surface area contributed by atoms with Crippen LogP contribution in [0, 0.1) is 17.8 Å². The molecule has 0 aromatic heterocycles. The monoisotopic (exact) mass is 211 g/mol. The maximum atomic E-state index is 3.67. The van der Waals surface area contributed by atoms with Gasteiger partial charge in [-0.05, 0) is 44.1 Å². The van der Waals surface area contributed by atoms with E-state index in [2.05, 4.69) is 33.0 Å². The molecule has 0 saturated heterocycles. The quantitative estimate of drug-likeness (QED) is 0.643. The van der Waals surface area contributed by atoms with E-state index in [1.54, 1.807) is 0 Å². The van der Waals surface area contributed by atoms with Crippen LogP contribution < -0.4 is 5.32 Å². The van der Waals surface area contributed by atoms with Gasteiger partial charge >= 0.3 is 0 Å². The van der Waals surface area contributed by atoms with Crippen molar-refractivity contribution in [3.05, 3.63) is 0 Å². The van der Waals surface area contributed by atoms with Gasteiger partial charge in [-0.25, -0.2) is 0 Å². The van der Waals surface area contributed by atoms with Crippen LogP contribution in [0.5, 0.6) is 0 Å². The van der Waals surface area contributed by atoms with Crippen molar-refractivity contribution in [2.45, 2.75) is 65.8 Å². The molecule has 2 unspecified atom stereocenters. The molecule has 1 nitrogen and oxygen atoms in total. The average molecular weight is 211 g/mol. The van der Waals surface area contributed by atoms with Gasteiger partial charge in [-0.2, -0.15) is 0 Å². The molecule has 1 heteroatoms. The maximum absolute atomic E-state index is 3.67. The molecule has 1 fully saturated rings. The summed E-state index contributed by atoms with van der Waals surface area (Å²) < 4.78 is 0. The molecule has 1 rings (SSSR count). The highest BCUT2D eigenvalue weighted by Gasteiger charge is 2.21. The van der Waals surface area contributed by atoms with Gasteiger partial charge in [0.2, 0.25) is 0 Å². The zero-order chi connectivity index (χ0) is 11.3. The second-order valence-electron chi connectivity index (χ2n) is 5.74. The Kier molecular flexibility index (Phi) is 5.66. The summed E-state index contributed by atoms with van der Waals surface area (Å²) in [4.78, 5) is 0. The van der Waals surface area contributed by atoms with Crippen LogP contribution in [-0.4, -0.2) is 12.6 Å². The third-order valence-electron chi connectivity index (χ3n) is 3.87. The molecule has 90 valence electrons. The van der Waals surface area contributed by atoms with Gasteiger partial charge in [0.15, 0.2) is 0 Å². The summed E-state index contributed by atoms with van der Waals surface area (Å²) in [5, 5.41) is 3.67. The number of hydrogen-bond acceptors (Lipinski definition) is 1. The molecule has 1 aliphatic carbocycles. The highest BCUT2D eigenvalue weighted by molar-refractivity contribution is 4.75. The lowest BCUT2D eigenvalue weighted by Crippen LogP contribution is -2.30. The van der Waals surface area contributed by atoms with Crippen molar-refractivity contribution in [2.75, 3.05) is 6.54 Å². The van der Waals surface area contributed by atoms with Gasteiger partial charge in [0.25, 0.3) is 0 Å². The third kappa shape index (κ3) is 5.55. The summed E-state index contributed by atoms with van der Waals surface area (Å²) in [6.07, 6.45) is 7.05. The second-order valence-corrected chi connectivity index (χ2v) is 5.74. The Bertz CT molecular complexity index is 161. The molecule has 1 N–H and O–H groups in total. The Labute approximate surface area is 96.0 Å². The Morgan fingerprint density at radius 1 is 1.20 bits per heavy atom. The lowest BCUT2D eigenvalue weighted by molar-refractivity contribution is 0.307. The molecular formula is C14H29N. The highest BCUT2D eigenvalue weighted by atomic mass is 14.9. The minimum atomic E-state index is 0.705. The molecule has 2 atom stereocenters. The van der Waals surface area contributed by atoms with Crippen LogP contribution in [0.1, 0.15) is 59.8 Å². The standard InChI is InChI=1S/C14H29N/c1-5-14(11(2)3)10-12(4)15-9-8-13-6-7-13/h11-15H,5-10H2,1-4H3. The van der Waals surface area contributed by atoms with Crippen LogP contribution in [0.3, 0.4) is 0 Å². The Balaban J connectivity index is 2.06. The van der Waals surface area contributed by atoms with Crippen molar-refractivity contribution >= 4 is 0 Å². The highest BCUT2D eigenvalue weighted by Crippen LogP contribution is 2.31. The summed E-state index contributed by atoms with van der Waals surface area (Å²) in [5.74, 6) is 2.80. The van der Waals surface area contributed by atoms with Crippen LogP contribution in [-0.2, 0) is 0 Å². The van der Waals surface area contributed by atoms with Gasteiger partial charge in [-0.15, -0.1) is 0 Å². The first-order valence-electron chi connectivity index (χ1n) is 6.86. The van der Waals surface area contributed by atoms with Crippen LogP contribution in [0.15, 0.2) is 0 Å². The molecule has 0 bridgehead atoms. The molecular weight excluding hydrogens is 182 g/mol. The molecule has 1 aliphatic rings. The van der Waals surface area contributed by atoms with Crippen LogP contribution in [0.4, 0.5) is 0 Å². The topological polar surface area (TPSA) is 12.0 Å². The Hall–Kier alpha value is -0.0400. The normalized spacial score (nSPS) is 20.6. The SMILES string of the molecule is CCC(CC(C)NCCC1CC1)C(C)C. The largest absolute Gasteiger partial charge is 0.314 e. The van der Waals surface area contributed by atoms with E-state index in [0.29, 0.717) is 6.04 Å². The van der Waals surface area contributed by atoms with Crippen molar-refractivity contribution in [1.82, 2.24) is 5.32 Å². The first-order chi connectivity index (χ1) is 7.13. The summed E-state index contributed by atoms with van der Waals surface area (Å²) >= 11 is 0. The van der Waals surface area contributed by atoms with Gasteiger partial charge < -0.3 is 5.32 Å². The fourth-order valence-corrected chi connectivity index (χ4v) is 2.39. The predicted octanol–water partition coefficient (Wildman–Crippen LogP) is 3.84. The fraction of sp³-hybridized carbons (Fsp3) is 1.00. The molecule has 0 amide bonds. The van der Waals surface area contributed by atoms with E-state index in [4.69, 9.17) is 0 Å². The van der Waals surface area contributed by atoms with E-state index in [1.165, 1.54) is 38.6 Å². The van der Waals surface area contributed by atoms with Gasteiger partial charge in [-0.1, -0.05) is 40.0 Å². The van der Waals surface area contributed by atoms with Gasteiger partial charge in [0.05, 0.1) is 0 Å². The Morgan fingerprint density at radius 3 is 2.33 bits per heavy atom. The van der Waals surface area contributed by atoms with Gasteiger partial charge in [-0.3, -0.25) is 0 Å². The first-order valence-corrected chi connectivity index (χ1v) is 6.86. The summed E-state index contributed by atoms with van der Waals surface area (Å²) in [6.45, 7) is 10.6. The van der Waals surface area contributed by atoms with Crippen molar-refractivity contribution in [3.63, 3.8) is 0 Å². The molecule has 0 heterocycles. The van der Waals surface area contributed by atoms with Crippen molar-refractivity contribution in [3.8, 4) is 0 Å². The van der Waals surface area contributed by atoms with E-state index in [9.17, 15) is 0 Å². The summed E-state index contributed by atoms with van der Waals surface area (Å²) in [6, 6.07) is 0.705. The predicted molar refractivity (Wildman–Crippen MR) is 68.0 cm³/mol. The minimum Gasteiger partial charge on any atom is -0.314 e. The zero-order valence-corrected chi connectivity index (χ0v) is 11.1. The lowest BCUT2D eigenvalue weighted by Gasteiger charge is -2.23. The second kappa shape index (κ2) is 6.52. The van der Waals surface area contributed by atoms with E-state index in [0.717, 1.165) is 17.8 Å². The Morgan fingerprint density at radius 2 is 1.87 bits per heavy atom. The fourth-order valence-electron chi connectivity index (χ4n) is 2.39. The minimum absolute atomic E-state index is 0.705. The van der Waals surface area contributed by atoms with E-state index < -0.39 is 0 Å². The molecule has 15 heavy (non-hydrogen) atoms. The molecule has 0 spiro atoms. The number of hydrogen-bond donors (Lipinski definition) is 1. The number of nitrogens with one attached hydrogen (secondary N) is 1. The van der Waals surface area contributed by atoms with Gasteiger partial charge in [0, 0.05) is 6.04 Å². The smallest absolute Gasteiger partial charge is 0.00414 e. The third-order valence-corrected chi connectivity index (χ3v) is 3.87. The van der Waals surface area contributed by atoms with E-state index >= 15 is 0 Å². The molecule has 0 aromatic carbocycles. The zero-order valence-electron chi connectivity index (χ0n) is 11.1. The van der Waals surface area contributed by atoms with Gasteiger partial charge in [0.1, 0.15) is 0 Å². The molecule has 0 aromatic rings. The maximum Gasteiger partial charge on any atom is 0.00414 e. The number of rotatable bonds is 8. The average Bonchev–Trinajstić information content (AvgIpc) is 2.97. The first kappa shape index (κ1) is 13.0. The van der Waals surface area contributed by atoms with Crippen molar-refractivity contribution in [2.24, 2.45) is 17.8 Å². The van der Waals surface area contributed by atoms with Crippen LogP contribution in [0.25, 0.3) is 0 Å². The lowest BCUT2D eigenvalue weighted by atomic mass is 9.87. The van der Waals surface area contributed by atoms with Crippen LogP contribution >= 0.6 is 0 Å². The molecule has 0 aliphatic heterocycles. The van der Waals surface area contributed by atoms with Crippen molar-refractivity contribution < 1.29 is 0 Å². The summed E-state index contributed by atoms with van der Waals surface area (Å²) in [7, 11) is 0. The molecule has 0 radical (unpaired) electrons. The van der Waals surface area contributed by atoms with Crippen LogP contribution in [0.2, 0.25) is 0 Å².